The second-order valence-corrected chi connectivity index (χ2v) is 14.2. The van der Waals surface area contributed by atoms with Crippen molar-refractivity contribution in [2.24, 2.45) is 23.7 Å². The minimum atomic E-state index is -0.332. The van der Waals surface area contributed by atoms with Gasteiger partial charge in [0, 0.05) is 18.8 Å². The highest BCUT2D eigenvalue weighted by atomic mass is 19.1. The molecule has 4 aliphatic carbocycles. The maximum atomic E-state index is 14.0. The van der Waals surface area contributed by atoms with Crippen LogP contribution in [-0.4, -0.2) is 25.1 Å². The van der Waals surface area contributed by atoms with Gasteiger partial charge in [0.1, 0.15) is 23.9 Å². The normalized spacial score (nSPS) is 29.9. The number of rotatable bonds is 7. The van der Waals surface area contributed by atoms with Crippen molar-refractivity contribution in [3.63, 3.8) is 0 Å². The van der Waals surface area contributed by atoms with Crippen LogP contribution in [0.2, 0.25) is 0 Å². The van der Waals surface area contributed by atoms with E-state index in [1.54, 1.807) is 12.2 Å². The topological polar surface area (TPSA) is 36.9 Å². The Kier molecular flexibility index (Phi) is 8.47. The smallest absolute Gasteiger partial charge is 0.168 e. The molecule has 3 aromatic rings. The number of aryl methyl sites for hydroxylation is 1. The van der Waals surface area contributed by atoms with E-state index < -0.39 is 0 Å². The molecule has 2 saturated carbocycles. The Hall–Kier alpha value is -3.41. The van der Waals surface area contributed by atoms with Crippen LogP contribution in [0, 0.1) is 23.7 Å². The highest BCUT2D eigenvalue weighted by molar-refractivity contribution is 5.46. The van der Waals surface area contributed by atoms with Gasteiger partial charge in [-0.05, 0) is 127 Å². The van der Waals surface area contributed by atoms with E-state index in [0.717, 1.165) is 81.1 Å². The molecule has 3 aromatic carbocycles. The van der Waals surface area contributed by atoms with Gasteiger partial charge in [-0.15, -0.1) is 0 Å². The summed E-state index contributed by atoms with van der Waals surface area (Å²) in [6.07, 6.45) is 15.2. The Labute approximate surface area is 272 Å². The summed E-state index contributed by atoms with van der Waals surface area (Å²) in [5.74, 6) is 3.72. The van der Waals surface area contributed by atoms with E-state index in [1.807, 2.05) is 18.2 Å². The van der Waals surface area contributed by atoms with Crippen molar-refractivity contribution in [3.8, 4) is 11.5 Å². The molecule has 4 nitrogen and oxygen atoms in total. The summed E-state index contributed by atoms with van der Waals surface area (Å²) >= 11 is 0. The number of hydrogen-bond donors (Lipinski definition) is 0. The van der Waals surface area contributed by atoms with Gasteiger partial charge in [-0.1, -0.05) is 54.6 Å². The molecule has 0 bridgehead atoms. The number of allylic oxidation sites excluding steroid dienone is 4. The van der Waals surface area contributed by atoms with Gasteiger partial charge in [0.25, 0.3) is 0 Å². The minimum absolute atomic E-state index is 0.119. The Morgan fingerprint density at radius 2 is 1.67 bits per heavy atom. The molecule has 1 spiro atoms. The van der Waals surface area contributed by atoms with Crippen LogP contribution < -0.4 is 9.47 Å². The summed E-state index contributed by atoms with van der Waals surface area (Å²) in [7, 11) is 0. The second kappa shape index (κ2) is 13.0. The molecule has 1 heterocycles. The van der Waals surface area contributed by atoms with E-state index in [4.69, 9.17) is 18.9 Å². The third kappa shape index (κ3) is 6.29. The van der Waals surface area contributed by atoms with Gasteiger partial charge in [-0.25, -0.2) is 4.39 Å². The Morgan fingerprint density at radius 3 is 2.48 bits per heavy atom. The molecule has 0 N–H and O–H groups in total. The van der Waals surface area contributed by atoms with Crippen molar-refractivity contribution in [2.45, 2.75) is 82.2 Å². The fourth-order valence-corrected chi connectivity index (χ4v) is 9.10. The fraction of sp³-hybridized carbons (Fsp3) is 0.463. The van der Waals surface area contributed by atoms with Crippen LogP contribution in [0.25, 0.3) is 0 Å². The van der Waals surface area contributed by atoms with Crippen molar-refractivity contribution in [1.82, 2.24) is 0 Å². The quantitative estimate of drug-likeness (QED) is 0.264. The molecule has 5 heteroatoms. The van der Waals surface area contributed by atoms with Gasteiger partial charge in [-0.2, -0.15) is 0 Å². The largest absolute Gasteiger partial charge is 0.490 e. The Bertz CT molecular complexity index is 1560. The first-order chi connectivity index (χ1) is 22.6. The third-order valence-corrected chi connectivity index (χ3v) is 11.4. The van der Waals surface area contributed by atoms with Crippen molar-refractivity contribution >= 4 is 0 Å². The monoisotopic (exact) mass is 620 g/mol. The van der Waals surface area contributed by atoms with Crippen molar-refractivity contribution in [3.05, 3.63) is 119 Å². The molecule has 240 valence electrons. The van der Waals surface area contributed by atoms with Gasteiger partial charge in [0.05, 0.1) is 19.3 Å². The standard InChI is InChI=1S/C41H45FO4/c42-34-12-6-30(7-13-34)38-18-11-32-24-36(43-27-28-4-2-1-3-5-28)17-19-39(32)40(38)31-9-14-35(15-10-31)46-37-16-8-29-20-21-41(26-33(29)25-37)44-22-23-45-41/h1-6,9-10,12-15,17,19,24,29-30,33,37-38,40H,7-8,11,16,18,20-23,25-27H2/t29?,30?,33?,37?,38-,40+/m1/s1. The Balaban J connectivity index is 0.995. The molecule has 0 radical (unpaired) electrons. The Morgan fingerprint density at radius 1 is 0.848 bits per heavy atom. The van der Waals surface area contributed by atoms with E-state index in [9.17, 15) is 4.39 Å². The van der Waals surface area contributed by atoms with E-state index >= 15 is 0 Å². The van der Waals surface area contributed by atoms with Crippen molar-refractivity contribution < 1.29 is 23.3 Å². The first-order valence-corrected chi connectivity index (χ1v) is 17.5. The van der Waals surface area contributed by atoms with Crippen LogP contribution in [-0.2, 0) is 22.5 Å². The van der Waals surface area contributed by atoms with E-state index in [-0.39, 0.29) is 23.6 Å². The summed E-state index contributed by atoms with van der Waals surface area (Å²) in [4.78, 5) is 0. The van der Waals surface area contributed by atoms with Gasteiger partial charge in [-0.3, -0.25) is 0 Å². The maximum Gasteiger partial charge on any atom is 0.168 e. The summed E-state index contributed by atoms with van der Waals surface area (Å²) in [6, 6.07) is 25.8. The van der Waals surface area contributed by atoms with Gasteiger partial charge in [0.15, 0.2) is 5.79 Å². The minimum Gasteiger partial charge on any atom is -0.490 e. The van der Waals surface area contributed by atoms with Crippen molar-refractivity contribution in [2.75, 3.05) is 13.2 Å². The fourth-order valence-electron chi connectivity index (χ4n) is 9.10. The molecule has 46 heavy (non-hydrogen) atoms. The summed E-state index contributed by atoms with van der Waals surface area (Å²) in [6.45, 7) is 2.01. The third-order valence-electron chi connectivity index (χ3n) is 11.4. The van der Waals surface area contributed by atoms with Crippen molar-refractivity contribution in [1.29, 1.82) is 0 Å². The van der Waals surface area contributed by atoms with E-state index in [0.29, 0.717) is 24.4 Å². The predicted molar refractivity (Wildman–Crippen MR) is 177 cm³/mol. The predicted octanol–water partition coefficient (Wildman–Crippen LogP) is 9.48. The summed E-state index contributed by atoms with van der Waals surface area (Å²) in [5, 5.41) is 0. The van der Waals surface area contributed by atoms with Gasteiger partial charge in [0.2, 0.25) is 0 Å². The number of halogens is 1. The van der Waals surface area contributed by atoms with E-state index in [1.165, 1.54) is 29.5 Å². The van der Waals surface area contributed by atoms with Crippen LogP contribution in [0.3, 0.4) is 0 Å². The van der Waals surface area contributed by atoms with Gasteiger partial charge >= 0.3 is 0 Å². The molecule has 3 fully saturated rings. The number of ether oxygens (including phenoxy) is 4. The zero-order valence-corrected chi connectivity index (χ0v) is 26.6. The summed E-state index contributed by atoms with van der Waals surface area (Å²) in [5.41, 5.74) is 5.18. The molecular weight excluding hydrogens is 575 g/mol. The first-order valence-electron chi connectivity index (χ1n) is 17.5. The average Bonchev–Trinajstić information content (AvgIpc) is 3.55. The average molecular weight is 621 g/mol. The SMILES string of the molecule is FC1=CCC([C@H]2CCc3cc(OCc4ccccc4)ccc3[C@H]2c2ccc(OC3CCC4CCC5(CC4C3)OCCO5)cc2)C=C1. The van der Waals surface area contributed by atoms with Crippen LogP contribution in [0.4, 0.5) is 4.39 Å². The molecule has 0 amide bonds. The molecular formula is C41H45FO4. The van der Waals surface area contributed by atoms with Crippen LogP contribution in [0.5, 0.6) is 11.5 Å². The molecule has 8 rings (SSSR count). The lowest BCUT2D eigenvalue weighted by atomic mass is 9.66. The molecule has 6 atom stereocenters. The van der Waals surface area contributed by atoms with E-state index in [2.05, 4.69) is 60.7 Å². The van der Waals surface area contributed by atoms with Gasteiger partial charge < -0.3 is 18.9 Å². The molecule has 1 aliphatic heterocycles. The lowest BCUT2D eigenvalue weighted by Crippen LogP contribution is -2.44. The molecule has 5 aliphatic rings. The number of benzene rings is 3. The lowest BCUT2D eigenvalue weighted by Gasteiger charge is -2.45. The maximum absolute atomic E-state index is 14.0. The zero-order chi connectivity index (χ0) is 30.9. The van der Waals surface area contributed by atoms with Crippen LogP contribution >= 0.6 is 0 Å². The number of hydrogen-bond acceptors (Lipinski definition) is 4. The zero-order valence-electron chi connectivity index (χ0n) is 26.6. The summed E-state index contributed by atoms with van der Waals surface area (Å²) < 4.78 is 39.0. The highest BCUT2D eigenvalue weighted by Crippen LogP contribution is 2.49. The second-order valence-electron chi connectivity index (χ2n) is 14.2. The van der Waals surface area contributed by atoms with Crippen LogP contribution in [0.1, 0.15) is 79.5 Å². The highest BCUT2D eigenvalue weighted by Gasteiger charge is 2.47. The number of fused-ring (bicyclic) bond motifs is 2. The van der Waals surface area contributed by atoms with Crippen LogP contribution in [0.15, 0.2) is 96.9 Å². The molecule has 0 aromatic heterocycles. The molecule has 4 unspecified atom stereocenters. The molecule has 1 saturated heterocycles. The first kappa shape index (κ1) is 30.0. The lowest BCUT2D eigenvalue weighted by molar-refractivity contribution is -0.200.